The number of fused-ring (bicyclic) bond motifs is 2. The van der Waals surface area contributed by atoms with Crippen LogP contribution in [0.3, 0.4) is 0 Å². The number of pyridine rings is 1. The second-order valence-electron chi connectivity index (χ2n) is 9.34. The SMILES string of the molecule is CCCC(=O)Nc1c(C(=O)N[C@@H](C)Cc2ccccc2)sc2nc3c(cc12)COC(C)(C)C3. The van der Waals surface area contributed by atoms with Gasteiger partial charge < -0.3 is 15.4 Å². The lowest BCUT2D eigenvalue weighted by molar-refractivity contribution is -0.116. The fourth-order valence-corrected chi connectivity index (χ4v) is 5.16. The Labute approximate surface area is 198 Å². The molecule has 0 aliphatic carbocycles. The summed E-state index contributed by atoms with van der Waals surface area (Å²) in [6.07, 6.45) is 2.58. The van der Waals surface area contributed by atoms with E-state index in [9.17, 15) is 9.59 Å². The van der Waals surface area contributed by atoms with Crippen molar-refractivity contribution in [1.82, 2.24) is 10.3 Å². The number of nitrogens with one attached hydrogen (secondary N) is 2. The molecule has 7 heteroatoms. The van der Waals surface area contributed by atoms with Gasteiger partial charge in [0, 0.05) is 29.8 Å². The van der Waals surface area contributed by atoms with Gasteiger partial charge in [-0.1, -0.05) is 37.3 Å². The van der Waals surface area contributed by atoms with Crippen molar-refractivity contribution in [3.05, 3.63) is 58.1 Å². The standard InChI is InChI=1S/C26H31N3O3S/c1-5-9-21(30)29-22-19-13-18-15-32-26(3,4)14-20(18)28-25(19)33-23(22)24(31)27-16(2)12-17-10-7-6-8-11-17/h6-8,10-11,13,16H,5,9,12,14-15H2,1-4H3,(H,27,31)(H,29,30)/t16-/m0/s1. The number of carbonyl (C=O) groups excluding carboxylic acids is 2. The quantitative estimate of drug-likeness (QED) is 0.500. The van der Waals surface area contributed by atoms with Gasteiger partial charge in [-0.05, 0) is 45.2 Å². The van der Waals surface area contributed by atoms with Crippen LogP contribution >= 0.6 is 11.3 Å². The molecule has 1 atom stereocenters. The van der Waals surface area contributed by atoms with Crippen LogP contribution in [0.4, 0.5) is 5.69 Å². The van der Waals surface area contributed by atoms with Gasteiger partial charge in [-0.2, -0.15) is 0 Å². The van der Waals surface area contributed by atoms with Crippen LogP contribution < -0.4 is 10.6 Å². The average Bonchev–Trinajstić information content (AvgIpc) is 3.09. The van der Waals surface area contributed by atoms with Gasteiger partial charge in [0.2, 0.25) is 5.91 Å². The first kappa shape index (κ1) is 23.4. The van der Waals surface area contributed by atoms with E-state index in [0.717, 1.165) is 39.9 Å². The molecule has 1 aliphatic heterocycles. The second kappa shape index (κ2) is 9.61. The lowest BCUT2D eigenvalue weighted by atomic mass is 9.95. The van der Waals surface area contributed by atoms with Crippen molar-refractivity contribution in [2.45, 2.75) is 71.6 Å². The van der Waals surface area contributed by atoms with Crippen LogP contribution in [0.5, 0.6) is 0 Å². The van der Waals surface area contributed by atoms with E-state index in [1.165, 1.54) is 11.3 Å². The Balaban J connectivity index is 1.66. The van der Waals surface area contributed by atoms with Crippen molar-refractivity contribution in [2.24, 2.45) is 0 Å². The van der Waals surface area contributed by atoms with Gasteiger partial charge in [-0.15, -0.1) is 11.3 Å². The molecule has 2 aromatic heterocycles. The minimum Gasteiger partial charge on any atom is -0.370 e. The normalized spacial score (nSPS) is 15.6. The Morgan fingerprint density at radius 1 is 1.24 bits per heavy atom. The summed E-state index contributed by atoms with van der Waals surface area (Å²) < 4.78 is 5.96. The van der Waals surface area contributed by atoms with E-state index in [0.29, 0.717) is 30.0 Å². The molecule has 174 valence electrons. The van der Waals surface area contributed by atoms with Crippen LogP contribution in [0, 0.1) is 0 Å². The van der Waals surface area contributed by atoms with E-state index in [4.69, 9.17) is 9.72 Å². The second-order valence-corrected chi connectivity index (χ2v) is 10.3. The summed E-state index contributed by atoms with van der Waals surface area (Å²) in [7, 11) is 0. The lowest BCUT2D eigenvalue weighted by Gasteiger charge is -2.31. The molecule has 33 heavy (non-hydrogen) atoms. The Hall–Kier alpha value is -2.77. The molecule has 6 nitrogen and oxygen atoms in total. The van der Waals surface area contributed by atoms with Gasteiger partial charge in [-0.3, -0.25) is 9.59 Å². The van der Waals surface area contributed by atoms with Gasteiger partial charge in [0.05, 0.1) is 23.6 Å². The van der Waals surface area contributed by atoms with Gasteiger partial charge in [-0.25, -0.2) is 4.98 Å². The van der Waals surface area contributed by atoms with Crippen molar-refractivity contribution in [3.63, 3.8) is 0 Å². The molecule has 0 fully saturated rings. The number of aromatic nitrogens is 1. The largest absolute Gasteiger partial charge is 0.370 e. The highest BCUT2D eigenvalue weighted by Gasteiger charge is 2.29. The van der Waals surface area contributed by atoms with E-state index in [1.54, 1.807) is 0 Å². The van der Waals surface area contributed by atoms with Crippen molar-refractivity contribution in [3.8, 4) is 0 Å². The number of benzene rings is 1. The highest BCUT2D eigenvalue weighted by Crippen LogP contribution is 2.38. The molecule has 0 saturated heterocycles. The number of rotatable bonds is 7. The monoisotopic (exact) mass is 465 g/mol. The van der Waals surface area contributed by atoms with Gasteiger partial charge in [0.1, 0.15) is 9.71 Å². The number of ether oxygens (including phenoxy) is 1. The highest BCUT2D eigenvalue weighted by atomic mass is 32.1. The first-order chi connectivity index (χ1) is 15.8. The van der Waals surface area contributed by atoms with Crippen molar-refractivity contribution >= 4 is 39.1 Å². The maximum Gasteiger partial charge on any atom is 0.263 e. The molecule has 0 bridgehead atoms. The van der Waals surface area contributed by atoms with Crippen LogP contribution in [0.15, 0.2) is 36.4 Å². The van der Waals surface area contributed by atoms with E-state index in [1.807, 2.05) is 38.1 Å². The number of anilines is 1. The molecule has 3 heterocycles. The summed E-state index contributed by atoms with van der Waals surface area (Å²) in [6, 6.07) is 12.0. The topological polar surface area (TPSA) is 80.3 Å². The van der Waals surface area contributed by atoms with Crippen molar-refractivity contribution in [1.29, 1.82) is 0 Å². The smallest absolute Gasteiger partial charge is 0.263 e. The molecule has 0 radical (unpaired) electrons. The molecule has 2 N–H and O–H groups in total. The maximum atomic E-state index is 13.3. The van der Waals surface area contributed by atoms with Crippen LogP contribution in [-0.2, 0) is 29.0 Å². The summed E-state index contributed by atoms with van der Waals surface area (Å²) in [4.78, 5) is 31.9. The third kappa shape index (κ3) is 5.42. The van der Waals surface area contributed by atoms with Crippen molar-refractivity contribution in [2.75, 3.05) is 5.32 Å². The predicted octanol–water partition coefficient (Wildman–Crippen LogP) is 5.25. The number of amides is 2. The zero-order valence-corrected chi connectivity index (χ0v) is 20.5. The molecule has 0 spiro atoms. The Morgan fingerprint density at radius 3 is 2.73 bits per heavy atom. The third-order valence-electron chi connectivity index (χ3n) is 5.77. The maximum absolute atomic E-state index is 13.3. The van der Waals surface area contributed by atoms with E-state index < -0.39 is 0 Å². The number of carbonyl (C=O) groups is 2. The molecule has 1 aliphatic rings. The van der Waals surface area contributed by atoms with Gasteiger partial charge in [0.15, 0.2) is 0 Å². The van der Waals surface area contributed by atoms with Gasteiger partial charge >= 0.3 is 0 Å². The number of hydrogen-bond donors (Lipinski definition) is 2. The third-order valence-corrected chi connectivity index (χ3v) is 6.87. The predicted molar refractivity (Wildman–Crippen MR) is 133 cm³/mol. The molecule has 0 saturated carbocycles. The zero-order chi connectivity index (χ0) is 23.6. The minimum absolute atomic E-state index is 0.0559. The fourth-order valence-electron chi connectivity index (χ4n) is 4.13. The van der Waals surface area contributed by atoms with Crippen LogP contribution in [0.2, 0.25) is 0 Å². The molecule has 0 unspecified atom stereocenters. The minimum atomic E-state index is -0.268. The highest BCUT2D eigenvalue weighted by molar-refractivity contribution is 7.21. The first-order valence-corrected chi connectivity index (χ1v) is 12.3. The van der Waals surface area contributed by atoms with Crippen molar-refractivity contribution < 1.29 is 14.3 Å². The lowest BCUT2D eigenvalue weighted by Crippen LogP contribution is -2.34. The molecule has 3 aromatic rings. The van der Waals surface area contributed by atoms with E-state index >= 15 is 0 Å². The number of hydrogen-bond acceptors (Lipinski definition) is 5. The van der Waals surface area contributed by atoms with Crippen LogP contribution in [0.1, 0.15) is 67.0 Å². The summed E-state index contributed by atoms with van der Waals surface area (Å²) in [5.74, 6) is -0.290. The summed E-state index contributed by atoms with van der Waals surface area (Å²) in [5.41, 5.74) is 3.45. The van der Waals surface area contributed by atoms with E-state index in [2.05, 4.69) is 36.6 Å². The summed E-state index contributed by atoms with van der Waals surface area (Å²) >= 11 is 1.33. The molecule has 2 amide bonds. The Kier molecular flexibility index (Phi) is 6.81. The fraction of sp³-hybridized carbons (Fsp3) is 0.423. The Morgan fingerprint density at radius 2 is 2.00 bits per heavy atom. The average molecular weight is 466 g/mol. The summed E-state index contributed by atoms with van der Waals surface area (Å²) in [6.45, 7) is 8.53. The molecule has 1 aromatic carbocycles. The van der Waals surface area contributed by atoms with Crippen LogP contribution in [0.25, 0.3) is 10.2 Å². The summed E-state index contributed by atoms with van der Waals surface area (Å²) in [5, 5.41) is 6.89. The Bertz CT molecular complexity index is 1170. The van der Waals surface area contributed by atoms with E-state index in [-0.39, 0.29) is 23.5 Å². The zero-order valence-electron chi connectivity index (χ0n) is 19.7. The molecular formula is C26H31N3O3S. The molecule has 4 rings (SSSR count). The number of thiophene rings is 1. The van der Waals surface area contributed by atoms with Gasteiger partial charge in [0.25, 0.3) is 5.91 Å². The first-order valence-electron chi connectivity index (χ1n) is 11.5. The number of nitrogens with zero attached hydrogens (tertiary/aromatic N) is 1. The van der Waals surface area contributed by atoms with Crippen LogP contribution in [-0.4, -0.2) is 28.4 Å². The molecular weight excluding hydrogens is 434 g/mol.